The summed E-state index contributed by atoms with van der Waals surface area (Å²) >= 11 is 0. The molecular formula is C18H18N2O4. The molecule has 2 aromatic carbocycles. The molecule has 2 unspecified atom stereocenters. The zero-order chi connectivity index (χ0) is 17.3. The van der Waals surface area contributed by atoms with Gasteiger partial charge >= 0.3 is 0 Å². The van der Waals surface area contributed by atoms with Crippen molar-refractivity contribution < 1.29 is 10.2 Å². The van der Waals surface area contributed by atoms with Crippen LogP contribution in [0.2, 0.25) is 0 Å². The third-order valence-corrected chi connectivity index (χ3v) is 5.18. The molecule has 124 valence electrons. The molecule has 0 saturated heterocycles. The van der Waals surface area contributed by atoms with Crippen LogP contribution in [0.15, 0.2) is 46.0 Å². The summed E-state index contributed by atoms with van der Waals surface area (Å²) in [5.74, 6) is 0. The molecule has 1 aliphatic rings. The molecule has 0 spiro atoms. The van der Waals surface area contributed by atoms with E-state index in [9.17, 15) is 19.8 Å². The van der Waals surface area contributed by atoms with Gasteiger partial charge in [-0.25, -0.2) is 9.36 Å². The van der Waals surface area contributed by atoms with Gasteiger partial charge in [0.05, 0.1) is 23.9 Å². The number of fused-ring (bicyclic) bond motifs is 3. The maximum atomic E-state index is 12.9. The minimum absolute atomic E-state index is 0.142. The molecule has 4 rings (SSSR count). The Bertz CT molecular complexity index is 1020. The largest absolute Gasteiger partial charge is 0.385 e. The maximum absolute atomic E-state index is 12.9. The molecule has 0 saturated carbocycles. The summed E-state index contributed by atoms with van der Waals surface area (Å²) < 4.78 is 2.47. The minimum Gasteiger partial charge on any atom is -0.385 e. The molecule has 2 heterocycles. The first-order chi connectivity index (χ1) is 11.2. The second-order valence-corrected chi connectivity index (χ2v) is 7.02. The lowest BCUT2D eigenvalue weighted by atomic mass is 9.84. The van der Waals surface area contributed by atoms with E-state index >= 15 is 0 Å². The molecule has 2 atom stereocenters. The summed E-state index contributed by atoms with van der Waals surface area (Å²) in [4.78, 5) is 25.8. The summed E-state index contributed by atoms with van der Waals surface area (Å²) in [6.45, 7) is 2.66. The molecule has 6 heteroatoms. The lowest BCUT2D eigenvalue weighted by molar-refractivity contribution is -0.170. The van der Waals surface area contributed by atoms with Crippen molar-refractivity contribution in [2.75, 3.05) is 0 Å². The zero-order valence-corrected chi connectivity index (χ0v) is 13.5. The van der Waals surface area contributed by atoms with Gasteiger partial charge in [0, 0.05) is 0 Å². The van der Waals surface area contributed by atoms with E-state index in [0.717, 1.165) is 10.8 Å². The van der Waals surface area contributed by atoms with E-state index in [0.29, 0.717) is 10.8 Å². The van der Waals surface area contributed by atoms with Crippen molar-refractivity contribution in [1.82, 2.24) is 9.36 Å². The van der Waals surface area contributed by atoms with Gasteiger partial charge in [-0.1, -0.05) is 24.3 Å². The number of hydrogen-bond donors (Lipinski definition) is 2. The van der Waals surface area contributed by atoms with Crippen molar-refractivity contribution in [3.63, 3.8) is 0 Å². The van der Waals surface area contributed by atoms with Crippen LogP contribution in [0.25, 0.3) is 21.5 Å². The van der Waals surface area contributed by atoms with Crippen LogP contribution in [0, 0.1) is 0 Å². The van der Waals surface area contributed by atoms with Gasteiger partial charge in [0.2, 0.25) is 0 Å². The number of aromatic nitrogens is 2. The zero-order valence-electron chi connectivity index (χ0n) is 13.5. The lowest BCUT2D eigenvalue weighted by Gasteiger charge is -2.44. The Morgan fingerprint density at radius 2 is 1.21 bits per heavy atom. The van der Waals surface area contributed by atoms with E-state index in [4.69, 9.17) is 0 Å². The Morgan fingerprint density at radius 3 is 1.58 bits per heavy atom. The molecule has 3 aromatic rings. The van der Waals surface area contributed by atoms with Gasteiger partial charge in [-0.3, -0.25) is 9.59 Å². The maximum Gasteiger partial charge on any atom is 0.273 e. The van der Waals surface area contributed by atoms with Gasteiger partial charge in [0.1, 0.15) is 11.2 Å². The molecule has 0 aliphatic carbocycles. The van der Waals surface area contributed by atoms with Gasteiger partial charge in [0.15, 0.2) is 0 Å². The number of rotatable bonds is 0. The van der Waals surface area contributed by atoms with Crippen LogP contribution in [-0.2, 0) is 13.1 Å². The molecule has 1 aromatic heterocycles. The highest BCUT2D eigenvalue weighted by molar-refractivity contribution is 5.97. The first kappa shape index (κ1) is 15.1. The Morgan fingerprint density at radius 1 is 0.833 bits per heavy atom. The van der Waals surface area contributed by atoms with Gasteiger partial charge in [-0.15, -0.1) is 0 Å². The highest BCUT2D eigenvalue weighted by Gasteiger charge is 2.47. The van der Waals surface area contributed by atoms with Crippen LogP contribution in [0.4, 0.5) is 0 Å². The van der Waals surface area contributed by atoms with Crippen molar-refractivity contribution >= 4 is 21.5 Å². The first-order valence-electron chi connectivity index (χ1n) is 7.82. The summed E-state index contributed by atoms with van der Waals surface area (Å²) in [6.07, 6.45) is 0. The van der Waals surface area contributed by atoms with E-state index < -0.39 is 11.2 Å². The molecule has 24 heavy (non-hydrogen) atoms. The van der Waals surface area contributed by atoms with Gasteiger partial charge in [0.25, 0.3) is 11.1 Å². The van der Waals surface area contributed by atoms with Crippen LogP contribution < -0.4 is 11.1 Å². The Kier molecular flexibility index (Phi) is 2.87. The summed E-state index contributed by atoms with van der Waals surface area (Å²) in [5, 5.41) is 23.4. The normalized spacial score (nSPS) is 26.7. The Labute approximate surface area is 137 Å². The molecule has 2 N–H and O–H groups in total. The van der Waals surface area contributed by atoms with Crippen molar-refractivity contribution in [3.8, 4) is 0 Å². The number of hydrogen-bond acceptors (Lipinski definition) is 4. The second kappa shape index (κ2) is 4.55. The van der Waals surface area contributed by atoms with Gasteiger partial charge in [-0.2, -0.15) is 0 Å². The second-order valence-electron chi connectivity index (χ2n) is 7.02. The number of aliphatic hydroxyl groups is 2. The highest BCUT2D eigenvalue weighted by Crippen LogP contribution is 2.29. The average Bonchev–Trinajstić information content (AvgIpc) is 2.53. The molecule has 1 aliphatic heterocycles. The van der Waals surface area contributed by atoms with Gasteiger partial charge < -0.3 is 10.2 Å². The van der Waals surface area contributed by atoms with Crippen LogP contribution in [0.1, 0.15) is 13.8 Å². The fourth-order valence-electron chi connectivity index (χ4n) is 3.33. The Hall–Kier alpha value is -2.44. The van der Waals surface area contributed by atoms with Crippen molar-refractivity contribution in [3.05, 3.63) is 57.1 Å². The molecule has 6 nitrogen and oxygen atoms in total. The van der Waals surface area contributed by atoms with E-state index in [2.05, 4.69) is 0 Å². The SMILES string of the molecule is CC1(O)Cn2c(=O)c3cc4ccccc4cc3c(=O)n2CC1(C)O. The average molecular weight is 326 g/mol. The third kappa shape index (κ3) is 1.90. The number of nitrogens with zero attached hydrogens (tertiary/aromatic N) is 2. The van der Waals surface area contributed by atoms with Crippen molar-refractivity contribution in [2.24, 2.45) is 0 Å². The van der Waals surface area contributed by atoms with Crippen LogP contribution >= 0.6 is 0 Å². The van der Waals surface area contributed by atoms with E-state index in [1.807, 2.05) is 24.3 Å². The quantitative estimate of drug-likeness (QED) is 0.599. The number of benzene rings is 2. The van der Waals surface area contributed by atoms with Crippen LogP contribution in [-0.4, -0.2) is 30.8 Å². The van der Waals surface area contributed by atoms with Crippen molar-refractivity contribution in [1.29, 1.82) is 0 Å². The first-order valence-corrected chi connectivity index (χ1v) is 7.82. The van der Waals surface area contributed by atoms with Crippen molar-refractivity contribution in [2.45, 2.75) is 38.1 Å². The highest BCUT2D eigenvalue weighted by atomic mass is 16.4. The predicted octanol–water partition coefficient (Wildman–Crippen LogP) is 0.832. The smallest absolute Gasteiger partial charge is 0.273 e. The molecule has 0 radical (unpaired) electrons. The fraction of sp³-hybridized carbons (Fsp3) is 0.333. The minimum atomic E-state index is -1.51. The topological polar surface area (TPSA) is 84.5 Å². The molecular weight excluding hydrogens is 308 g/mol. The summed E-state index contributed by atoms with van der Waals surface area (Å²) in [5.41, 5.74) is -3.70. The monoisotopic (exact) mass is 326 g/mol. The Balaban J connectivity index is 2.14. The molecule has 0 fully saturated rings. The predicted molar refractivity (Wildman–Crippen MR) is 91.2 cm³/mol. The molecule has 0 amide bonds. The lowest BCUT2D eigenvalue weighted by Crippen LogP contribution is -2.63. The van der Waals surface area contributed by atoms with Gasteiger partial charge in [-0.05, 0) is 36.8 Å². The van der Waals surface area contributed by atoms with Crippen LogP contribution in [0.3, 0.4) is 0 Å². The van der Waals surface area contributed by atoms with E-state index in [1.165, 1.54) is 23.2 Å². The van der Waals surface area contributed by atoms with E-state index in [1.54, 1.807) is 12.1 Å². The molecule has 0 bridgehead atoms. The van der Waals surface area contributed by atoms with Crippen LogP contribution in [0.5, 0.6) is 0 Å². The fourth-order valence-corrected chi connectivity index (χ4v) is 3.33. The summed E-state index contributed by atoms with van der Waals surface area (Å²) in [7, 11) is 0. The third-order valence-electron chi connectivity index (χ3n) is 5.18. The van der Waals surface area contributed by atoms with E-state index in [-0.39, 0.29) is 24.2 Å². The standard InChI is InChI=1S/C18H18N2O4/c1-17(23)9-19-15(21)13-7-11-5-3-4-6-12(11)8-14(13)16(22)20(19)10-18(17,2)24/h3-8,23-24H,9-10H2,1-2H3. The summed E-state index contributed by atoms with van der Waals surface area (Å²) in [6, 6.07) is 10.9.